The SMILES string of the molecule is CCC(CC)Oc1ccc(C(=O)O)c(N)c1. The van der Waals surface area contributed by atoms with E-state index >= 15 is 0 Å². The molecule has 1 aromatic rings. The number of carboxylic acid groups (broad SMARTS) is 1. The van der Waals surface area contributed by atoms with Gasteiger partial charge in [-0.25, -0.2) is 4.79 Å². The summed E-state index contributed by atoms with van der Waals surface area (Å²) in [5.41, 5.74) is 5.96. The molecular formula is C12H17NO3. The summed E-state index contributed by atoms with van der Waals surface area (Å²) in [6.07, 6.45) is 1.98. The molecule has 0 unspecified atom stereocenters. The number of hydrogen-bond acceptors (Lipinski definition) is 3. The van der Waals surface area contributed by atoms with Crippen LogP contribution in [0.3, 0.4) is 0 Å². The molecule has 3 N–H and O–H groups in total. The lowest BCUT2D eigenvalue weighted by molar-refractivity contribution is 0.0698. The number of benzene rings is 1. The predicted octanol–water partition coefficient (Wildman–Crippen LogP) is 2.53. The Bertz CT molecular complexity index is 373. The van der Waals surface area contributed by atoms with Crippen molar-refractivity contribution in [1.82, 2.24) is 0 Å². The first-order valence-corrected chi connectivity index (χ1v) is 5.37. The maximum atomic E-state index is 10.7. The number of aromatic carboxylic acids is 1. The summed E-state index contributed by atoms with van der Waals surface area (Å²) < 4.78 is 5.66. The molecule has 4 heteroatoms. The first kappa shape index (κ1) is 12.4. The van der Waals surface area contributed by atoms with Gasteiger partial charge in [0.15, 0.2) is 0 Å². The van der Waals surface area contributed by atoms with Gasteiger partial charge in [-0.05, 0) is 25.0 Å². The van der Waals surface area contributed by atoms with Crippen molar-refractivity contribution in [3.63, 3.8) is 0 Å². The van der Waals surface area contributed by atoms with Gasteiger partial charge in [0.25, 0.3) is 0 Å². The topological polar surface area (TPSA) is 72.5 Å². The third-order valence-corrected chi connectivity index (χ3v) is 2.47. The van der Waals surface area contributed by atoms with Gasteiger partial charge >= 0.3 is 5.97 Å². The first-order valence-electron chi connectivity index (χ1n) is 5.37. The van der Waals surface area contributed by atoms with Crippen LogP contribution >= 0.6 is 0 Å². The predicted molar refractivity (Wildman–Crippen MR) is 62.8 cm³/mol. The summed E-state index contributed by atoms with van der Waals surface area (Å²) in [7, 11) is 0. The van der Waals surface area contributed by atoms with Crippen molar-refractivity contribution in [2.24, 2.45) is 0 Å². The highest BCUT2D eigenvalue weighted by molar-refractivity contribution is 5.93. The van der Waals surface area contributed by atoms with Crippen LogP contribution in [0, 0.1) is 0 Å². The number of nitrogen functional groups attached to an aromatic ring is 1. The highest BCUT2D eigenvalue weighted by atomic mass is 16.5. The third-order valence-electron chi connectivity index (χ3n) is 2.47. The molecule has 1 aromatic carbocycles. The average Bonchev–Trinajstić information content (AvgIpc) is 2.25. The molecule has 16 heavy (non-hydrogen) atoms. The molecule has 0 saturated heterocycles. The Kier molecular flexibility index (Phi) is 4.17. The summed E-state index contributed by atoms with van der Waals surface area (Å²) in [4.78, 5) is 10.7. The Morgan fingerprint density at radius 3 is 2.50 bits per heavy atom. The molecule has 0 aliphatic rings. The molecule has 88 valence electrons. The lowest BCUT2D eigenvalue weighted by atomic mass is 10.1. The van der Waals surface area contributed by atoms with E-state index in [0.717, 1.165) is 12.8 Å². The molecule has 0 aliphatic carbocycles. The van der Waals surface area contributed by atoms with Gasteiger partial charge in [-0.3, -0.25) is 0 Å². The highest BCUT2D eigenvalue weighted by Crippen LogP contribution is 2.22. The van der Waals surface area contributed by atoms with Crippen molar-refractivity contribution in [2.75, 3.05) is 5.73 Å². The largest absolute Gasteiger partial charge is 0.490 e. The lowest BCUT2D eigenvalue weighted by Crippen LogP contribution is -2.14. The molecule has 0 radical (unpaired) electrons. The van der Waals surface area contributed by atoms with Gasteiger partial charge in [0.2, 0.25) is 0 Å². The Labute approximate surface area is 95.0 Å². The second-order valence-corrected chi connectivity index (χ2v) is 3.61. The number of ether oxygens (including phenoxy) is 1. The maximum Gasteiger partial charge on any atom is 0.337 e. The Morgan fingerprint density at radius 2 is 2.06 bits per heavy atom. The van der Waals surface area contributed by atoms with Crippen molar-refractivity contribution >= 4 is 11.7 Å². The second kappa shape index (κ2) is 5.39. The van der Waals surface area contributed by atoms with E-state index in [1.54, 1.807) is 12.1 Å². The van der Waals surface area contributed by atoms with Crippen LogP contribution in [-0.2, 0) is 0 Å². The Morgan fingerprint density at radius 1 is 1.44 bits per heavy atom. The number of carbonyl (C=O) groups is 1. The number of carboxylic acids is 1. The zero-order valence-electron chi connectivity index (χ0n) is 9.56. The molecular weight excluding hydrogens is 206 g/mol. The molecule has 0 bridgehead atoms. The van der Waals surface area contributed by atoms with Crippen molar-refractivity contribution in [2.45, 2.75) is 32.8 Å². The van der Waals surface area contributed by atoms with Crippen molar-refractivity contribution in [3.8, 4) is 5.75 Å². The van der Waals surface area contributed by atoms with E-state index < -0.39 is 5.97 Å². The molecule has 0 saturated carbocycles. The smallest absolute Gasteiger partial charge is 0.337 e. The van der Waals surface area contributed by atoms with Crippen LogP contribution in [0.1, 0.15) is 37.0 Å². The molecule has 0 aliphatic heterocycles. The molecule has 4 nitrogen and oxygen atoms in total. The lowest BCUT2D eigenvalue weighted by Gasteiger charge is -2.16. The molecule has 0 heterocycles. The summed E-state index contributed by atoms with van der Waals surface area (Å²) in [6.45, 7) is 4.09. The van der Waals surface area contributed by atoms with Crippen LogP contribution in [-0.4, -0.2) is 17.2 Å². The standard InChI is InChI=1S/C12H17NO3/c1-3-8(4-2)16-9-5-6-10(12(14)15)11(13)7-9/h5-8H,3-4,13H2,1-2H3,(H,14,15). The third kappa shape index (κ3) is 2.89. The minimum Gasteiger partial charge on any atom is -0.490 e. The van der Waals surface area contributed by atoms with Gasteiger partial charge < -0.3 is 15.6 Å². The van der Waals surface area contributed by atoms with Crippen LogP contribution in [0.2, 0.25) is 0 Å². The van der Waals surface area contributed by atoms with E-state index in [1.165, 1.54) is 6.07 Å². The highest BCUT2D eigenvalue weighted by Gasteiger charge is 2.10. The van der Waals surface area contributed by atoms with Gasteiger partial charge in [-0.15, -0.1) is 0 Å². The van der Waals surface area contributed by atoms with Crippen LogP contribution < -0.4 is 10.5 Å². The van der Waals surface area contributed by atoms with E-state index in [2.05, 4.69) is 0 Å². The number of anilines is 1. The molecule has 0 fully saturated rings. The van der Waals surface area contributed by atoms with Gasteiger partial charge in [-0.2, -0.15) is 0 Å². The summed E-state index contributed by atoms with van der Waals surface area (Å²) in [5.74, 6) is -0.400. The number of nitrogens with two attached hydrogens (primary N) is 1. The second-order valence-electron chi connectivity index (χ2n) is 3.61. The van der Waals surface area contributed by atoms with E-state index in [9.17, 15) is 4.79 Å². The number of rotatable bonds is 5. The van der Waals surface area contributed by atoms with E-state index in [-0.39, 0.29) is 17.4 Å². The zero-order chi connectivity index (χ0) is 12.1. The van der Waals surface area contributed by atoms with Gasteiger partial charge in [0, 0.05) is 11.8 Å². The van der Waals surface area contributed by atoms with Gasteiger partial charge in [0.1, 0.15) is 5.75 Å². The Hall–Kier alpha value is -1.71. The monoisotopic (exact) mass is 223 g/mol. The van der Waals surface area contributed by atoms with E-state index in [0.29, 0.717) is 5.75 Å². The van der Waals surface area contributed by atoms with Crippen molar-refractivity contribution in [1.29, 1.82) is 0 Å². The number of hydrogen-bond donors (Lipinski definition) is 2. The van der Waals surface area contributed by atoms with Crippen LogP contribution in [0.15, 0.2) is 18.2 Å². The first-order chi connectivity index (χ1) is 7.58. The summed E-state index contributed by atoms with van der Waals surface area (Å²) in [5, 5.41) is 8.81. The van der Waals surface area contributed by atoms with Gasteiger partial charge in [-0.1, -0.05) is 13.8 Å². The zero-order valence-corrected chi connectivity index (χ0v) is 9.56. The van der Waals surface area contributed by atoms with Crippen LogP contribution in [0.4, 0.5) is 5.69 Å². The molecule has 0 atom stereocenters. The average molecular weight is 223 g/mol. The normalized spacial score (nSPS) is 10.4. The fraction of sp³-hybridized carbons (Fsp3) is 0.417. The van der Waals surface area contributed by atoms with E-state index in [1.807, 2.05) is 13.8 Å². The molecule has 0 aromatic heterocycles. The minimum absolute atomic E-state index is 0.108. The fourth-order valence-electron chi connectivity index (χ4n) is 1.46. The van der Waals surface area contributed by atoms with Gasteiger partial charge in [0.05, 0.1) is 11.7 Å². The van der Waals surface area contributed by atoms with Crippen molar-refractivity contribution in [3.05, 3.63) is 23.8 Å². The van der Waals surface area contributed by atoms with E-state index in [4.69, 9.17) is 15.6 Å². The summed E-state index contributed by atoms with van der Waals surface area (Å²) >= 11 is 0. The van der Waals surface area contributed by atoms with Crippen LogP contribution in [0.5, 0.6) is 5.75 Å². The summed E-state index contributed by atoms with van der Waals surface area (Å²) in [6, 6.07) is 4.66. The molecule has 0 spiro atoms. The van der Waals surface area contributed by atoms with Crippen molar-refractivity contribution < 1.29 is 14.6 Å². The molecule has 1 rings (SSSR count). The fourth-order valence-corrected chi connectivity index (χ4v) is 1.46. The Balaban J connectivity index is 2.84. The maximum absolute atomic E-state index is 10.7. The molecule has 0 amide bonds. The minimum atomic E-state index is -1.02. The van der Waals surface area contributed by atoms with Crippen LogP contribution in [0.25, 0.3) is 0 Å². The quantitative estimate of drug-likeness (QED) is 0.752.